The summed E-state index contributed by atoms with van der Waals surface area (Å²) in [6, 6.07) is 3.50. The minimum atomic E-state index is -4.31. The molecule has 0 bridgehead atoms. The van der Waals surface area contributed by atoms with E-state index in [2.05, 4.69) is 4.37 Å². The molecule has 1 heterocycles. The predicted octanol–water partition coefficient (Wildman–Crippen LogP) is 2.74. The normalized spacial score (nSPS) is 11.4. The fourth-order valence-electron chi connectivity index (χ4n) is 1.56. The lowest BCUT2D eigenvalue weighted by Gasteiger charge is -2.08. The van der Waals surface area contributed by atoms with Gasteiger partial charge in [0.25, 0.3) is 10.0 Å². The number of carbonyl (C=O) groups is 1. The van der Waals surface area contributed by atoms with E-state index < -0.39 is 26.7 Å². The van der Waals surface area contributed by atoms with E-state index in [1.165, 1.54) is 19.1 Å². The molecule has 112 valence electrons. The quantitative estimate of drug-likeness (QED) is 0.883. The van der Waals surface area contributed by atoms with E-state index in [-0.39, 0.29) is 21.3 Å². The number of carboxylic acid groups (broad SMARTS) is 1. The Kier molecular flexibility index (Phi) is 4.17. The van der Waals surface area contributed by atoms with Crippen LogP contribution in [0.4, 0.5) is 9.39 Å². The van der Waals surface area contributed by atoms with Crippen LogP contribution in [0.15, 0.2) is 23.1 Å². The molecule has 10 heteroatoms. The number of aromatic nitrogens is 1. The summed E-state index contributed by atoms with van der Waals surface area (Å²) in [7, 11) is -4.31. The molecule has 21 heavy (non-hydrogen) atoms. The van der Waals surface area contributed by atoms with E-state index in [1.54, 1.807) is 0 Å². The van der Waals surface area contributed by atoms with E-state index in [0.29, 0.717) is 11.5 Å². The topological polar surface area (TPSA) is 96.4 Å². The van der Waals surface area contributed by atoms with Crippen molar-refractivity contribution in [3.05, 3.63) is 40.3 Å². The van der Waals surface area contributed by atoms with Crippen molar-refractivity contribution in [1.29, 1.82) is 0 Å². The van der Waals surface area contributed by atoms with Crippen LogP contribution in [0.3, 0.4) is 0 Å². The van der Waals surface area contributed by atoms with Crippen LogP contribution in [0.5, 0.6) is 0 Å². The van der Waals surface area contributed by atoms with Gasteiger partial charge >= 0.3 is 5.97 Å². The number of anilines is 1. The zero-order valence-electron chi connectivity index (χ0n) is 10.4. The highest BCUT2D eigenvalue weighted by Gasteiger charge is 2.25. The molecule has 0 amide bonds. The SMILES string of the molecule is Cc1nsc(NS(=O)(=O)c2cccc(Cl)c2F)c1C(=O)O. The molecule has 1 aromatic heterocycles. The number of sulfonamides is 1. The van der Waals surface area contributed by atoms with Crippen LogP contribution >= 0.6 is 23.1 Å². The Morgan fingerprint density at radius 2 is 2.14 bits per heavy atom. The van der Waals surface area contributed by atoms with Gasteiger partial charge in [0.2, 0.25) is 0 Å². The van der Waals surface area contributed by atoms with Crippen LogP contribution in [0.2, 0.25) is 5.02 Å². The van der Waals surface area contributed by atoms with Gasteiger partial charge in [0.15, 0.2) is 5.82 Å². The summed E-state index contributed by atoms with van der Waals surface area (Å²) >= 11 is 6.20. The van der Waals surface area contributed by atoms with E-state index in [1.807, 2.05) is 4.72 Å². The molecular formula is C11H8ClFN2O4S2. The Balaban J connectivity index is 2.48. The fourth-order valence-corrected chi connectivity index (χ4v) is 3.97. The first-order valence-corrected chi connectivity index (χ1v) is 8.04. The second-order valence-corrected chi connectivity index (χ2v) is 6.77. The summed E-state index contributed by atoms with van der Waals surface area (Å²) < 4.78 is 43.8. The Bertz CT molecular complexity index is 820. The minimum absolute atomic E-state index is 0.164. The van der Waals surface area contributed by atoms with Crippen molar-refractivity contribution >= 4 is 44.1 Å². The lowest BCUT2D eigenvalue weighted by Crippen LogP contribution is -2.16. The summed E-state index contributed by atoms with van der Waals surface area (Å²) in [6.07, 6.45) is 0. The van der Waals surface area contributed by atoms with Crippen molar-refractivity contribution in [2.24, 2.45) is 0 Å². The van der Waals surface area contributed by atoms with E-state index >= 15 is 0 Å². The number of rotatable bonds is 4. The summed E-state index contributed by atoms with van der Waals surface area (Å²) in [5, 5.41) is 8.49. The van der Waals surface area contributed by atoms with Gasteiger partial charge in [-0.2, -0.15) is 4.37 Å². The van der Waals surface area contributed by atoms with Crippen molar-refractivity contribution < 1.29 is 22.7 Å². The number of halogens is 2. The molecule has 0 atom stereocenters. The zero-order valence-corrected chi connectivity index (χ0v) is 12.8. The van der Waals surface area contributed by atoms with Crippen molar-refractivity contribution in [1.82, 2.24) is 4.37 Å². The largest absolute Gasteiger partial charge is 0.478 e. The van der Waals surface area contributed by atoms with Gasteiger partial charge in [-0.25, -0.2) is 17.6 Å². The van der Waals surface area contributed by atoms with Gasteiger partial charge in [0, 0.05) is 0 Å². The molecule has 0 unspecified atom stereocenters. The van der Waals surface area contributed by atoms with E-state index in [4.69, 9.17) is 16.7 Å². The molecule has 2 N–H and O–H groups in total. The van der Waals surface area contributed by atoms with Crippen LogP contribution in [-0.4, -0.2) is 23.9 Å². The Labute approximate surface area is 128 Å². The summed E-state index contributed by atoms with van der Waals surface area (Å²) in [5.41, 5.74) is -0.109. The van der Waals surface area contributed by atoms with Crippen LogP contribution < -0.4 is 4.72 Å². The Morgan fingerprint density at radius 3 is 2.76 bits per heavy atom. The highest BCUT2D eigenvalue weighted by molar-refractivity contribution is 7.93. The standard InChI is InChI=1S/C11H8ClFN2O4S2/c1-5-8(11(16)17)10(20-14-5)15-21(18,19)7-4-2-3-6(12)9(7)13/h2-4,15H,1H3,(H,16,17). The molecule has 0 radical (unpaired) electrons. The number of nitrogens with one attached hydrogen (secondary N) is 1. The van der Waals surface area contributed by atoms with E-state index in [0.717, 1.165) is 6.07 Å². The lowest BCUT2D eigenvalue weighted by atomic mass is 10.2. The van der Waals surface area contributed by atoms with Gasteiger partial charge in [-0.1, -0.05) is 17.7 Å². The van der Waals surface area contributed by atoms with Gasteiger partial charge in [-0.05, 0) is 30.6 Å². The number of carboxylic acids is 1. The van der Waals surface area contributed by atoms with Crippen molar-refractivity contribution in [2.75, 3.05) is 4.72 Å². The molecule has 0 saturated carbocycles. The molecule has 1 aromatic carbocycles. The maximum atomic E-state index is 13.8. The molecule has 2 rings (SSSR count). The second kappa shape index (κ2) is 5.58. The van der Waals surface area contributed by atoms with Crippen LogP contribution in [0.1, 0.15) is 16.1 Å². The third kappa shape index (κ3) is 2.99. The Hall–Kier alpha value is -1.71. The maximum absolute atomic E-state index is 13.8. The number of benzene rings is 1. The highest BCUT2D eigenvalue weighted by atomic mass is 35.5. The number of aryl methyl sites for hydroxylation is 1. The average molecular weight is 351 g/mol. The van der Waals surface area contributed by atoms with Crippen LogP contribution in [0.25, 0.3) is 0 Å². The number of hydrogen-bond acceptors (Lipinski definition) is 5. The summed E-state index contributed by atoms with van der Waals surface area (Å²) in [5.74, 6) is -2.43. The monoisotopic (exact) mass is 350 g/mol. The number of hydrogen-bond donors (Lipinski definition) is 2. The smallest absolute Gasteiger partial charge is 0.340 e. The first-order chi connectivity index (χ1) is 9.74. The predicted molar refractivity (Wildman–Crippen MR) is 76.0 cm³/mol. The van der Waals surface area contributed by atoms with Gasteiger partial charge < -0.3 is 5.11 Å². The van der Waals surface area contributed by atoms with Gasteiger partial charge in [0.1, 0.15) is 15.5 Å². The summed E-state index contributed by atoms with van der Waals surface area (Å²) in [4.78, 5) is 10.4. The molecule has 0 spiro atoms. The van der Waals surface area contributed by atoms with Gasteiger partial charge in [-0.3, -0.25) is 4.72 Å². The van der Waals surface area contributed by atoms with Gasteiger partial charge in [0.05, 0.1) is 10.7 Å². The lowest BCUT2D eigenvalue weighted by molar-refractivity contribution is 0.0697. The first-order valence-electron chi connectivity index (χ1n) is 5.40. The third-order valence-corrected chi connectivity index (χ3v) is 5.15. The zero-order chi connectivity index (χ0) is 15.8. The number of nitrogens with zero attached hydrogens (tertiary/aromatic N) is 1. The van der Waals surface area contributed by atoms with Crippen LogP contribution in [-0.2, 0) is 10.0 Å². The number of aromatic carboxylic acids is 1. The van der Waals surface area contributed by atoms with Crippen LogP contribution in [0, 0.1) is 12.7 Å². The second-order valence-electron chi connectivity index (χ2n) is 3.93. The Morgan fingerprint density at radius 1 is 1.48 bits per heavy atom. The first kappa shape index (κ1) is 15.7. The minimum Gasteiger partial charge on any atom is -0.478 e. The molecule has 0 aliphatic heterocycles. The van der Waals surface area contributed by atoms with Gasteiger partial charge in [-0.15, -0.1) is 0 Å². The summed E-state index contributed by atoms with van der Waals surface area (Å²) in [6.45, 7) is 1.43. The van der Waals surface area contributed by atoms with Crippen molar-refractivity contribution in [2.45, 2.75) is 11.8 Å². The molecule has 0 saturated heterocycles. The molecular weight excluding hydrogens is 343 g/mol. The van der Waals surface area contributed by atoms with Crippen molar-refractivity contribution in [3.63, 3.8) is 0 Å². The molecule has 0 aliphatic carbocycles. The molecule has 0 fully saturated rings. The maximum Gasteiger partial charge on any atom is 0.340 e. The molecule has 6 nitrogen and oxygen atoms in total. The third-order valence-electron chi connectivity index (χ3n) is 2.51. The molecule has 2 aromatic rings. The average Bonchev–Trinajstić information content (AvgIpc) is 2.72. The molecule has 0 aliphatic rings. The highest BCUT2D eigenvalue weighted by Crippen LogP contribution is 2.29. The fraction of sp³-hybridized carbons (Fsp3) is 0.0909. The van der Waals surface area contributed by atoms with Crippen molar-refractivity contribution in [3.8, 4) is 0 Å². The van der Waals surface area contributed by atoms with E-state index in [9.17, 15) is 17.6 Å².